The molecule has 4 amide bonds. The minimum atomic E-state index is -1.82. The second kappa shape index (κ2) is 7.02. The zero-order chi connectivity index (χ0) is 21.6. The van der Waals surface area contributed by atoms with E-state index < -0.39 is 47.6 Å². The molecule has 1 unspecified atom stereocenters. The summed E-state index contributed by atoms with van der Waals surface area (Å²) in [5, 5.41) is 4.82. The number of rotatable bonds is 3. The Morgan fingerprint density at radius 2 is 2.00 bits per heavy atom. The minimum absolute atomic E-state index is 0.0398. The number of aryl methyl sites for hydroxylation is 1. The normalized spacial score (nSPS) is 20.5. The van der Waals surface area contributed by atoms with Gasteiger partial charge in [0.05, 0.1) is 0 Å². The van der Waals surface area contributed by atoms with E-state index in [9.17, 15) is 23.6 Å². The summed E-state index contributed by atoms with van der Waals surface area (Å²) >= 11 is 0. The molecule has 1 aromatic carbocycles. The van der Waals surface area contributed by atoms with E-state index in [0.29, 0.717) is 10.5 Å². The Bertz CT molecular complexity index is 910. The third-order valence-corrected chi connectivity index (χ3v) is 4.59. The molecule has 3 rings (SSSR count). The number of nitrogens with zero attached hydrogens (tertiary/aromatic N) is 1. The van der Waals surface area contributed by atoms with E-state index in [0.717, 1.165) is 6.07 Å². The number of amides is 4. The van der Waals surface area contributed by atoms with E-state index in [1.54, 1.807) is 20.8 Å². The average Bonchev–Trinajstić information content (AvgIpc) is 3.07. The molecule has 1 heterocycles. The van der Waals surface area contributed by atoms with Crippen molar-refractivity contribution in [3.63, 3.8) is 0 Å². The molecular formula is C19H22FN3O6. The standard InChI is InChI=1S/C19H22FN3O6/c1-18(2,3)28-13(24)9-23-15(25)19(29-17(23)27)6-5-10-7-11(22-16(26)21-4)8-12(20)14(10)19/h7-8H,5-6,9H2,1-4H3,(H2,21,22,26). The number of carbonyl (C=O) groups excluding carboxylic acids is 4. The molecule has 1 atom stereocenters. The molecule has 1 aliphatic carbocycles. The van der Waals surface area contributed by atoms with Crippen LogP contribution in [0.3, 0.4) is 0 Å². The molecule has 1 spiro atoms. The van der Waals surface area contributed by atoms with Gasteiger partial charge in [-0.1, -0.05) is 0 Å². The summed E-state index contributed by atoms with van der Waals surface area (Å²) in [5.41, 5.74) is -2.01. The molecule has 156 valence electrons. The van der Waals surface area contributed by atoms with Crippen molar-refractivity contribution in [1.82, 2.24) is 10.2 Å². The van der Waals surface area contributed by atoms with Gasteiger partial charge >= 0.3 is 18.1 Å². The number of imide groups is 1. The van der Waals surface area contributed by atoms with Crippen LogP contribution >= 0.6 is 0 Å². The number of hydrogen-bond donors (Lipinski definition) is 2. The highest BCUT2D eigenvalue weighted by atomic mass is 19.1. The first-order valence-electron chi connectivity index (χ1n) is 9.05. The average molecular weight is 407 g/mol. The Kier molecular flexibility index (Phi) is 4.97. The molecule has 29 heavy (non-hydrogen) atoms. The molecule has 10 heteroatoms. The number of esters is 1. The first-order valence-corrected chi connectivity index (χ1v) is 9.05. The summed E-state index contributed by atoms with van der Waals surface area (Å²) in [5.74, 6) is -2.37. The van der Waals surface area contributed by atoms with Gasteiger partial charge in [0.2, 0.25) is 5.60 Å². The van der Waals surface area contributed by atoms with Crippen molar-refractivity contribution in [2.24, 2.45) is 0 Å². The van der Waals surface area contributed by atoms with Crippen LogP contribution in [-0.4, -0.2) is 48.1 Å². The second-order valence-corrected chi connectivity index (χ2v) is 7.87. The van der Waals surface area contributed by atoms with Crippen molar-refractivity contribution in [2.45, 2.75) is 44.8 Å². The minimum Gasteiger partial charge on any atom is -0.459 e. The molecular weight excluding hydrogens is 385 g/mol. The molecule has 0 bridgehead atoms. The van der Waals surface area contributed by atoms with Gasteiger partial charge < -0.3 is 20.1 Å². The Morgan fingerprint density at radius 1 is 1.31 bits per heavy atom. The number of urea groups is 1. The van der Waals surface area contributed by atoms with Crippen LogP contribution in [0.15, 0.2) is 12.1 Å². The van der Waals surface area contributed by atoms with Gasteiger partial charge in [0, 0.05) is 24.7 Å². The fourth-order valence-electron chi connectivity index (χ4n) is 3.52. The van der Waals surface area contributed by atoms with E-state index in [1.807, 2.05) is 0 Å². The van der Waals surface area contributed by atoms with Gasteiger partial charge in [0.1, 0.15) is 18.0 Å². The highest BCUT2D eigenvalue weighted by Gasteiger charge is 2.59. The maximum Gasteiger partial charge on any atom is 0.418 e. The number of halogens is 1. The maximum absolute atomic E-state index is 14.9. The summed E-state index contributed by atoms with van der Waals surface area (Å²) in [6.07, 6.45) is -0.729. The van der Waals surface area contributed by atoms with Crippen LogP contribution in [0.25, 0.3) is 0 Å². The zero-order valence-corrected chi connectivity index (χ0v) is 16.6. The first-order chi connectivity index (χ1) is 13.5. The lowest BCUT2D eigenvalue weighted by Gasteiger charge is -2.22. The summed E-state index contributed by atoms with van der Waals surface area (Å²) in [6.45, 7) is 4.35. The van der Waals surface area contributed by atoms with Crippen LogP contribution in [0.2, 0.25) is 0 Å². The number of carbonyl (C=O) groups is 4. The molecule has 0 aromatic heterocycles. The van der Waals surface area contributed by atoms with Gasteiger partial charge in [-0.05, 0) is 44.9 Å². The third kappa shape index (κ3) is 3.74. The number of benzene rings is 1. The lowest BCUT2D eigenvalue weighted by atomic mass is 9.94. The van der Waals surface area contributed by atoms with Crippen molar-refractivity contribution in [2.75, 3.05) is 18.9 Å². The molecule has 1 saturated heterocycles. The molecule has 1 fully saturated rings. The van der Waals surface area contributed by atoms with Gasteiger partial charge in [0.15, 0.2) is 0 Å². The molecule has 0 radical (unpaired) electrons. The summed E-state index contributed by atoms with van der Waals surface area (Å²) in [7, 11) is 1.42. The fourth-order valence-corrected chi connectivity index (χ4v) is 3.52. The predicted octanol–water partition coefficient (Wildman–Crippen LogP) is 2.04. The fraction of sp³-hybridized carbons (Fsp3) is 0.474. The number of fused-ring (bicyclic) bond motifs is 2. The van der Waals surface area contributed by atoms with Gasteiger partial charge in [-0.2, -0.15) is 0 Å². The van der Waals surface area contributed by atoms with Crippen molar-refractivity contribution < 1.29 is 33.0 Å². The second-order valence-electron chi connectivity index (χ2n) is 7.87. The quantitative estimate of drug-likeness (QED) is 0.742. The molecule has 9 nitrogen and oxygen atoms in total. The monoisotopic (exact) mass is 407 g/mol. The molecule has 1 aromatic rings. The third-order valence-electron chi connectivity index (χ3n) is 4.59. The largest absolute Gasteiger partial charge is 0.459 e. The van der Waals surface area contributed by atoms with Crippen molar-refractivity contribution in [3.05, 3.63) is 29.1 Å². The zero-order valence-electron chi connectivity index (χ0n) is 16.6. The van der Waals surface area contributed by atoms with Crippen molar-refractivity contribution in [1.29, 1.82) is 0 Å². The van der Waals surface area contributed by atoms with E-state index in [4.69, 9.17) is 9.47 Å². The highest BCUT2D eigenvalue weighted by molar-refractivity contribution is 6.06. The smallest absolute Gasteiger partial charge is 0.418 e. The van der Waals surface area contributed by atoms with Crippen LogP contribution in [0, 0.1) is 5.82 Å². The van der Waals surface area contributed by atoms with E-state index in [2.05, 4.69) is 10.6 Å². The van der Waals surface area contributed by atoms with Crippen molar-refractivity contribution >= 4 is 29.7 Å². The summed E-state index contributed by atoms with van der Waals surface area (Å²) in [4.78, 5) is 49.5. The Hall–Kier alpha value is -3.17. The van der Waals surface area contributed by atoms with Gasteiger partial charge in [0.25, 0.3) is 5.91 Å². The van der Waals surface area contributed by atoms with E-state index in [-0.39, 0.29) is 24.1 Å². The van der Waals surface area contributed by atoms with Crippen LogP contribution in [-0.2, 0) is 31.1 Å². The van der Waals surface area contributed by atoms with Gasteiger partial charge in [-0.3, -0.25) is 9.59 Å². The summed E-state index contributed by atoms with van der Waals surface area (Å²) < 4.78 is 25.3. The Labute approximate surface area is 166 Å². The number of nitrogens with one attached hydrogen (secondary N) is 2. The molecule has 0 saturated carbocycles. The van der Waals surface area contributed by atoms with Crippen LogP contribution in [0.1, 0.15) is 38.3 Å². The van der Waals surface area contributed by atoms with E-state index in [1.165, 1.54) is 13.1 Å². The van der Waals surface area contributed by atoms with E-state index >= 15 is 0 Å². The maximum atomic E-state index is 14.9. The molecule has 2 aliphatic rings. The number of ether oxygens (including phenoxy) is 2. The first kappa shape index (κ1) is 20.6. The lowest BCUT2D eigenvalue weighted by molar-refractivity contribution is -0.157. The topological polar surface area (TPSA) is 114 Å². The van der Waals surface area contributed by atoms with Gasteiger partial charge in [-0.15, -0.1) is 0 Å². The van der Waals surface area contributed by atoms with Gasteiger partial charge in [-0.25, -0.2) is 18.9 Å². The molecule has 1 aliphatic heterocycles. The summed E-state index contributed by atoms with van der Waals surface area (Å²) in [6, 6.07) is 2.06. The van der Waals surface area contributed by atoms with Crippen LogP contribution < -0.4 is 10.6 Å². The van der Waals surface area contributed by atoms with Crippen molar-refractivity contribution in [3.8, 4) is 0 Å². The number of hydrogen-bond acceptors (Lipinski definition) is 6. The van der Waals surface area contributed by atoms with Crippen LogP contribution in [0.5, 0.6) is 0 Å². The SMILES string of the molecule is CNC(=O)Nc1cc(F)c2c(c1)CCC21OC(=O)N(CC(=O)OC(C)(C)C)C1=O. The Morgan fingerprint density at radius 3 is 2.62 bits per heavy atom. The molecule has 2 N–H and O–H groups in total. The highest BCUT2D eigenvalue weighted by Crippen LogP contribution is 2.47. The van der Waals surface area contributed by atoms with Crippen LogP contribution in [0.4, 0.5) is 19.7 Å². The predicted molar refractivity (Wildman–Crippen MR) is 98.5 cm³/mol. The Balaban J connectivity index is 1.88. The number of anilines is 1. The lowest BCUT2D eigenvalue weighted by Crippen LogP contribution is -2.41.